The molecular weight excluding hydrogens is 448 g/mol. The van der Waals surface area contributed by atoms with Gasteiger partial charge >= 0.3 is 5.97 Å². The van der Waals surface area contributed by atoms with E-state index in [0.717, 1.165) is 28.8 Å². The molecule has 2 aromatic heterocycles. The predicted octanol–water partition coefficient (Wildman–Crippen LogP) is 5.07. The molecule has 0 atom stereocenters. The molecule has 33 heavy (non-hydrogen) atoms. The van der Waals surface area contributed by atoms with Gasteiger partial charge in [-0.05, 0) is 41.8 Å². The number of hydrogen-bond donors (Lipinski definition) is 1. The van der Waals surface area contributed by atoms with Gasteiger partial charge in [-0.1, -0.05) is 24.3 Å². The van der Waals surface area contributed by atoms with Crippen LogP contribution in [-0.2, 0) is 14.3 Å². The average Bonchev–Trinajstić information content (AvgIpc) is 3.49. The van der Waals surface area contributed by atoms with Gasteiger partial charge in [0.2, 0.25) is 0 Å². The molecule has 0 saturated heterocycles. The minimum atomic E-state index is -0.799. The Bertz CT molecular complexity index is 1300. The standard InChI is InChI=1S/C24H17F2N3O3S/c25-17-9-10-19(26)20(13-17)27-22(30)15-32-23(31)11-8-16-14-29(18-5-2-1-3-6-18)28-24(16)21-7-4-12-33-21/h1-14H,15H2,(H,27,30). The fraction of sp³-hybridized carbons (Fsp3) is 0.0417. The summed E-state index contributed by atoms with van der Waals surface area (Å²) >= 11 is 1.51. The number of carbonyl (C=O) groups excluding carboxylic acids is 2. The number of halogens is 2. The summed E-state index contributed by atoms with van der Waals surface area (Å²) in [5, 5.41) is 8.72. The van der Waals surface area contributed by atoms with Crippen LogP contribution in [-0.4, -0.2) is 28.3 Å². The van der Waals surface area contributed by atoms with E-state index in [2.05, 4.69) is 10.4 Å². The van der Waals surface area contributed by atoms with Crippen LogP contribution in [0.1, 0.15) is 5.56 Å². The van der Waals surface area contributed by atoms with E-state index in [-0.39, 0.29) is 5.69 Å². The molecule has 0 unspecified atom stereocenters. The fourth-order valence-corrected chi connectivity index (χ4v) is 3.68. The number of esters is 1. The third-order valence-electron chi connectivity index (χ3n) is 4.46. The van der Waals surface area contributed by atoms with Crippen LogP contribution in [0, 0.1) is 11.6 Å². The third-order valence-corrected chi connectivity index (χ3v) is 5.34. The van der Waals surface area contributed by atoms with Gasteiger partial charge in [0.1, 0.15) is 17.3 Å². The number of hydrogen-bond acceptors (Lipinski definition) is 5. The largest absolute Gasteiger partial charge is 0.452 e. The first kappa shape index (κ1) is 22.1. The topological polar surface area (TPSA) is 73.2 Å². The van der Waals surface area contributed by atoms with Crippen molar-refractivity contribution in [3.63, 3.8) is 0 Å². The fourth-order valence-electron chi connectivity index (χ4n) is 2.95. The first-order chi connectivity index (χ1) is 16.0. The van der Waals surface area contributed by atoms with Gasteiger partial charge in [-0.15, -0.1) is 11.3 Å². The van der Waals surface area contributed by atoms with Crippen molar-refractivity contribution >= 4 is 35.0 Å². The molecule has 0 aliphatic carbocycles. The number of ether oxygens (including phenoxy) is 1. The number of anilines is 1. The lowest BCUT2D eigenvalue weighted by atomic mass is 10.2. The summed E-state index contributed by atoms with van der Waals surface area (Å²) in [6.45, 7) is -0.653. The third kappa shape index (κ3) is 5.58. The number of para-hydroxylation sites is 1. The second-order valence-electron chi connectivity index (χ2n) is 6.80. The number of benzene rings is 2. The monoisotopic (exact) mass is 465 g/mol. The Balaban J connectivity index is 1.43. The van der Waals surface area contributed by atoms with Gasteiger partial charge < -0.3 is 10.1 Å². The lowest BCUT2D eigenvalue weighted by molar-refractivity contribution is -0.142. The van der Waals surface area contributed by atoms with Crippen molar-refractivity contribution in [2.45, 2.75) is 0 Å². The van der Waals surface area contributed by atoms with Crippen molar-refractivity contribution in [3.8, 4) is 16.3 Å². The second-order valence-corrected chi connectivity index (χ2v) is 7.75. The molecule has 1 N–H and O–H groups in total. The molecule has 0 aliphatic rings. The lowest BCUT2D eigenvalue weighted by Crippen LogP contribution is -2.20. The SMILES string of the molecule is O=C(COC(=O)C=Cc1cn(-c2ccccc2)nc1-c1cccs1)Nc1cc(F)ccc1F. The Kier molecular flexibility index (Phi) is 6.70. The molecule has 2 aromatic carbocycles. The number of nitrogens with zero attached hydrogens (tertiary/aromatic N) is 2. The molecule has 166 valence electrons. The summed E-state index contributed by atoms with van der Waals surface area (Å²) in [5.41, 5.74) is 1.90. The molecule has 0 radical (unpaired) electrons. The van der Waals surface area contributed by atoms with Crippen molar-refractivity contribution < 1.29 is 23.1 Å². The smallest absolute Gasteiger partial charge is 0.331 e. The van der Waals surface area contributed by atoms with Crippen molar-refractivity contribution in [3.05, 3.63) is 95.5 Å². The van der Waals surface area contributed by atoms with Crippen LogP contribution in [0.25, 0.3) is 22.3 Å². The quantitative estimate of drug-likeness (QED) is 0.305. The maximum Gasteiger partial charge on any atom is 0.331 e. The molecular formula is C24H17F2N3O3S. The maximum atomic E-state index is 13.6. The van der Waals surface area contributed by atoms with Crippen molar-refractivity contribution in [2.75, 3.05) is 11.9 Å². The summed E-state index contributed by atoms with van der Waals surface area (Å²) in [5.74, 6) is -3.07. The summed E-state index contributed by atoms with van der Waals surface area (Å²) < 4.78 is 33.4. The molecule has 0 bridgehead atoms. The van der Waals surface area contributed by atoms with Gasteiger partial charge in [0.05, 0.1) is 16.3 Å². The Morgan fingerprint density at radius 1 is 1.09 bits per heavy atom. The van der Waals surface area contributed by atoms with Crippen LogP contribution in [0.4, 0.5) is 14.5 Å². The normalized spacial score (nSPS) is 11.0. The number of aromatic nitrogens is 2. The summed E-state index contributed by atoms with van der Waals surface area (Å²) in [4.78, 5) is 25.0. The molecule has 4 aromatic rings. The number of amides is 1. The number of carbonyl (C=O) groups is 2. The van der Waals surface area contributed by atoms with Crippen LogP contribution >= 0.6 is 11.3 Å². The van der Waals surface area contributed by atoms with E-state index in [0.29, 0.717) is 11.3 Å². The van der Waals surface area contributed by atoms with Crippen LogP contribution in [0.15, 0.2) is 78.3 Å². The maximum absolute atomic E-state index is 13.6. The molecule has 0 fully saturated rings. The highest BCUT2D eigenvalue weighted by atomic mass is 32.1. The molecule has 0 aliphatic heterocycles. The Morgan fingerprint density at radius 2 is 1.91 bits per heavy atom. The molecule has 1 amide bonds. The summed E-state index contributed by atoms with van der Waals surface area (Å²) in [6, 6.07) is 16.0. The molecule has 2 heterocycles. The zero-order chi connectivity index (χ0) is 23.2. The highest BCUT2D eigenvalue weighted by Crippen LogP contribution is 2.28. The molecule has 6 nitrogen and oxygen atoms in total. The van der Waals surface area contributed by atoms with Crippen LogP contribution in [0.2, 0.25) is 0 Å². The molecule has 0 saturated carbocycles. The second kappa shape index (κ2) is 10.0. The first-order valence-electron chi connectivity index (χ1n) is 9.78. The Labute approximate surface area is 191 Å². The summed E-state index contributed by atoms with van der Waals surface area (Å²) in [7, 11) is 0. The van der Waals surface area contributed by atoms with E-state index < -0.39 is 30.1 Å². The number of thiophene rings is 1. The van der Waals surface area contributed by atoms with Gasteiger partial charge in [0.15, 0.2) is 6.61 Å². The van der Waals surface area contributed by atoms with Crippen LogP contribution in [0.3, 0.4) is 0 Å². The van der Waals surface area contributed by atoms with E-state index in [9.17, 15) is 18.4 Å². The number of rotatable bonds is 7. The molecule has 0 spiro atoms. The van der Waals surface area contributed by atoms with E-state index in [4.69, 9.17) is 4.74 Å². The van der Waals surface area contributed by atoms with E-state index in [1.54, 1.807) is 17.0 Å². The van der Waals surface area contributed by atoms with Gasteiger partial charge in [0, 0.05) is 23.9 Å². The van der Waals surface area contributed by atoms with Crippen LogP contribution in [0.5, 0.6) is 0 Å². The first-order valence-corrected chi connectivity index (χ1v) is 10.7. The Hall–Kier alpha value is -4.11. The van der Waals surface area contributed by atoms with E-state index >= 15 is 0 Å². The summed E-state index contributed by atoms with van der Waals surface area (Å²) in [6.07, 6.45) is 4.51. The van der Waals surface area contributed by atoms with E-state index in [1.807, 2.05) is 47.8 Å². The van der Waals surface area contributed by atoms with Crippen LogP contribution < -0.4 is 5.32 Å². The molecule has 9 heteroatoms. The highest BCUT2D eigenvalue weighted by Gasteiger charge is 2.13. The lowest BCUT2D eigenvalue weighted by Gasteiger charge is -2.06. The van der Waals surface area contributed by atoms with Gasteiger partial charge in [-0.2, -0.15) is 5.10 Å². The zero-order valence-electron chi connectivity index (χ0n) is 17.1. The minimum absolute atomic E-state index is 0.333. The Morgan fingerprint density at radius 3 is 2.67 bits per heavy atom. The highest BCUT2D eigenvalue weighted by molar-refractivity contribution is 7.13. The minimum Gasteiger partial charge on any atom is -0.452 e. The van der Waals surface area contributed by atoms with Gasteiger partial charge in [0.25, 0.3) is 5.91 Å². The average molecular weight is 465 g/mol. The predicted molar refractivity (Wildman–Crippen MR) is 122 cm³/mol. The number of nitrogens with one attached hydrogen (secondary N) is 1. The van der Waals surface area contributed by atoms with Crippen molar-refractivity contribution in [1.82, 2.24) is 9.78 Å². The molecule has 4 rings (SSSR count). The van der Waals surface area contributed by atoms with E-state index in [1.165, 1.54) is 17.4 Å². The zero-order valence-corrected chi connectivity index (χ0v) is 17.9. The van der Waals surface area contributed by atoms with Gasteiger partial charge in [-0.3, -0.25) is 4.79 Å². The van der Waals surface area contributed by atoms with Crippen molar-refractivity contribution in [2.24, 2.45) is 0 Å². The van der Waals surface area contributed by atoms with Gasteiger partial charge in [-0.25, -0.2) is 18.3 Å². The van der Waals surface area contributed by atoms with Crippen molar-refractivity contribution in [1.29, 1.82) is 0 Å².